The van der Waals surface area contributed by atoms with Gasteiger partial charge in [-0.25, -0.2) is 9.59 Å². The first kappa shape index (κ1) is 38.2. The quantitative estimate of drug-likeness (QED) is 0.0618. The first-order chi connectivity index (χ1) is 20.9. The molecule has 1 aromatic rings. The van der Waals surface area contributed by atoms with Crippen LogP contribution in [0, 0.1) is 0 Å². The van der Waals surface area contributed by atoms with Gasteiger partial charge in [-0.1, -0.05) is 71.9 Å². The summed E-state index contributed by atoms with van der Waals surface area (Å²) in [5.41, 5.74) is 4.72. The van der Waals surface area contributed by atoms with Gasteiger partial charge in [0.2, 0.25) is 5.91 Å². The molecule has 0 saturated heterocycles. The highest BCUT2D eigenvalue weighted by atomic mass is 32.2. The van der Waals surface area contributed by atoms with E-state index in [2.05, 4.69) is 63.1 Å². The molecule has 2 amide bonds. The lowest BCUT2D eigenvalue weighted by Gasteiger charge is -2.21. The van der Waals surface area contributed by atoms with Crippen LogP contribution in [0.2, 0.25) is 0 Å². The van der Waals surface area contributed by atoms with Crippen molar-refractivity contribution in [3.05, 3.63) is 83.2 Å². The molecule has 0 aliphatic heterocycles. The maximum absolute atomic E-state index is 13.0. The molecule has 0 unspecified atom stereocenters. The summed E-state index contributed by atoms with van der Waals surface area (Å²) in [6.07, 6.45) is 9.30. The first-order valence-corrected chi connectivity index (χ1v) is 15.9. The summed E-state index contributed by atoms with van der Waals surface area (Å²) in [5.74, 6) is -1.69. The number of benzene rings is 1. The molecule has 3 N–H and O–H groups in total. The first-order valence-electron chi connectivity index (χ1n) is 14.8. The van der Waals surface area contributed by atoms with Crippen LogP contribution < -0.4 is 10.6 Å². The highest BCUT2D eigenvalue weighted by Gasteiger charge is 2.28. The van der Waals surface area contributed by atoms with Crippen molar-refractivity contribution in [3.63, 3.8) is 0 Å². The molecule has 2 atom stereocenters. The summed E-state index contributed by atoms with van der Waals surface area (Å²) in [6.45, 7) is 13.4. The number of aliphatic carboxylic acids is 1. The number of thioether (sulfide) groups is 1. The van der Waals surface area contributed by atoms with Crippen molar-refractivity contribution in [3.8, 4) is 0 Å². The van der Waals surface area contributed by atoms with Crippen LogP contribution in [-0.4, -0.2) is 52.6 Å². The summed E-state index contributed by atoms with van der Waals surface area (Å²) in [4.78, 5) is 49.4. The topological polar surface area (TPSA) is 131 Å². The largest absolute Gasteiger partial charge is 0.480 e. The zero-order valence-corrected chi connectivity index (χ0v) is 27.5. The Balaban J connectivity index is 2.64. The number of alkyl carbamates (subject to hydrolysis) is 1. The van der Waals surface area contributed by atoms with Gasteiger partial charge < -0.3 is 25.2 Å². The van der Waals surface area contributed by atoms with E-state index in [0.717, 1.165) is 31.2 Å². The monoisotopic (exact) mass is 628 g/mol. The Bertz CT molecular complexity index is 1190. The molecule has 0 aliphatic carbocycles. The summed E-state index contributed by atoms with van der Waals surface area (Å²) in [5, 5.41) is 14.6. The molecule has 0 bridgehead atoms. The van der Waals surface area contributed by atoms with Gasteiger partial charge >= 0.3 is 18.0 Å². The van der Waals surface area contributed by atoms with Crippen LogP contribution in [0.3, 0.4) is 0 Å². The van der Waals surface area contributed by atoms with Gasteiger partial charge in [0.05, 0.1) is 5.76 Å². The van der Waals surface area contributed by atoms with Crippen LogP contribution in [0.5, 0.6) is 0 Å². The van der Waals surface area contributed by atoms with Gasteiger partial charge in [-0.3, -0.25) is 9.59 Å². The number of carboxylic acid groups (broad SMARTS) is 1. The molecule has 0 heterocycles. The average Bonchev–Trinajstić information content (AvgIpc) is 2.95. The molecule has 0 radical (unpaired) electrons. The summed E-state index contributed by atoms with van der Waals surface area (Å²) in [7, 11) is 0. The van der Waals surface area contributed by atoms with Gasteiger partial charge in [0.15, 0.2) is 0 Å². The summed E-state index contributed by atoms with van der Waals surface area (Å²) in [6, 6.07) is 6.70. The molecule has 44 heavy (non-hydrogen) atoms. The number of esters is 1. The lowest BCUT2D eigenvalue weighted by molar-refractivity contribution is -0.145. The number of carbonyl (C=O) groups is 4. The van der Waals surface area contributed by atoms with Crippen LogP contribution in [0.15, 0.2) is 77.6 Å². The van der Waals surface area contributed by atoms with Gasteiger partial charge in [-0.15, -0.1) is 0 Å². The maximum atomic E-state index is 13.0. The van der Waals surface area contributed by atoms with Crippen molar-refractivity contribution >= 4 is 35.7 Å². The van der Waals surface area contributed by atoms with Crippen molar-refractivity contribution in [2.75, 3.05) is 11.5 Å². The molecule has 0 aromatic heterocycles. The van der Waals surface area contributed by atoms with Gasteiger partial charge in [-0.05, 0) is 72.3 Å². The number of nitrogens with one attached hydrogen (secondary N) is 2. The van der Waals surface area contributed by atoms with Crippen molar-refractivity contribution in [1.82, 2.24) is 10.6 Å². The van der Waals surface area contributed by atoms with Crippen molar-refractivity contribution in [2.45, 2.75) is 91.8 Å². The minimum Gasteiger partial charge on any atom is -0.480 e. The Morgan fingerprint density at radius 1 is 0.886 bits per heavy atom. The van der Waals surface area contributed by atoms with Gasteiger partial charge in [0, 0.05) is 17.9 Å². The normalized spacial score (nSPS) is 12.8. The molecular formula is C34H48N2O7S. The van der Waals surface area contributed by atoms with Crippen LogP contribution >= 0.6 is 11.8 Å². The highest BCUT2D eigenvalue weighted by Crippen LogP contribution is 2.13. The number of carbonyl (C=O) groups excluding carboxylic acids is 3. The average molecular weight is 629 g/mol. The molecule has 0 fully saturated rings. The fourth-order valence-electron chi connectivity index (χ4n) is 3.84. The van der Waals surface area contributed by atoms with Crippen molar-refractivity contribution in [2.24, 2.45) is 0 Å². The number of ether oxygens (including phenoxy) is 2. The molecule has 242 valence electrons. The Hall–Kier alpha value is -3.79. The second-order valence-electron chi connectivity index (χ2n) is 10.9. The third-order valence-corrected chi connectivity index (χ3v) is 7.30. The minimum absolute atomic E-state index is 0.0703. The third kappa shape index (κ3) is 18.7. The molecule has 1 rings (SSSR count). The van der Waals surface area contributed by atoms with Crippen LogP contribution in [-0.2, 0) is 30.5 Å². The Morgan fingerprint density at radius 3 is 2.14 bits per heavy atom. The number of hydrogen-bond acceptors (Lipinski definition) is 7. The zero-order valence-electron chi connectivity index (χ0n) is 26.6. The number of hydrogen-bond donors (Lipinski definition) is 3. The standard InChI is InChI=1S/C34H48N2O7S/c1-24(2)12-10-13-26(5)14-11-15-27(6)20-21-44-23-30(33(39)40)35-32(38)29(36-34(41)43-25(3)4)18-19-31(37)42-22-28-16-8-7-9-17-28/h7-9,12,14,16-17,20,29-30H,3,10-11,13,15,18-19,21-23H2,1-2,4-6H3,(H,35,38)(H,36,41)(H,39,40)/b26-14+,27-20+/t29-,30-/m0/s1. The van der Waals surface area contributed by atoms with E-state index in [0.29, 0.717) is 5.75 Å². The molecular weight excluding hydrogens is 580 g/mol. The summed E-state index contributed by atoms with van der Waals surface area (Å²) >= 11 is 1.38. The van der Waals surface area contributed by atoms with E-state index in [1.807, 2.05) is 30.3 Å². The lowest BCUT2D eigenvalue weighted by Crippen LogP contribution is -2.52. The molecule has 9 nitrogen and oxygen atoms in total. The second kappa shape index (κ2) is 21.8. The van der Waals surface area contributed by atoms with E-state index in [4.69, 9.17) is 9.47 Å². The summed E-state index contributed by atoms with van der Waals surface area (Å²) < 4.78 is 10.1. The van der Waals surface area contributed by atoms with E-state index in [1.165, 1.54) is 35.4 Å². The zero-order chi connectivity index (χ0) is 32.9. The Morgan fingerprint density at radius 2 is 1.52 bits per heavy atom. The van der Waals surface area contributed by atoms with Gasteiger partial charge in [-0.2, -0.15) is 11.8 Å². The smallest absolute Gasteiger partial charge is 0.412 e. The van der Waals surface area contributed by atoms with Crippen molar-refractivity contribution < 1.29 is 33.8 Å². The minimum atomic E-state index is -1.22. The maximum Gasteiger partial charge on any atom is 0.412 e. The fourth-order valence-corrected chi connectivity index (χ4v) is 4.84. The third-order valence-electron chi connectivity index (χ3n) is 6.33. The number of rotatable bonds is 20. The van der Waals surface area contributed by atoms with Gasteiger partial charge in [0.1, 0.15) is 18.7 Å². The predicted molar refractivity (Wildman–Crippen MR) is 176 cm³/mol. The van der Waals surface area contributed by atoms with E-state index in [9.17, 15) is 24.3 Å². The SMILES string of the molecule is C=C(C)OC(=O)N[C@@H](CCC(=O)OCc1ccccc1)C(=O)N[C@@H](CSC/C=C(\C)CC/C=C(\C)CCC=C(C)C)C(=O)O. The van der Waals surface area contributed by atoms with E-state index < -0.39 is 36.0 Å². The number of amides is 2. The van der Waals surface area contributed by atoms with Crippen LogP contribution in [0.1, 0.15) is 78.7 Å². The molecule has 1 aromatic carbocycles. The fraction of sp³-hybridized carbons (Fsp3) is 0.471. The lowest BCUT2D eigenvalue weighted by atomic mass is 10.1. The Labute approximate surface area is 266 Å². The molecule has 10 heteroatoms. The predicted octanol–water partition coefficient (Wildman–Crippen LogP) is 6.86. The van der Waals surface area contributed by atoms with Crippen molar-refractivity contribution in [1.29, 1.82) is 0 Å². The van der Waals surface area contributed by atoms with E-state index >= 15 is 0 Å². The van der Waals surface area contributed by atoms with Crippen LogP contribution in [0.25, 0.3) is 0 Å². The number of allylic oxidation sites excluding steroid dienone is 6. The Kier molecular flexibility index (Phi) is 19.0. The molecule has 0 spiro atoms. The van der Waals surface area contributed by atoms with Gasteiger partial charge in [0.25, 0.3) is 0 Å². The van der Waals surface area contributed by atoms with E-state index in [-0.39, 0.29) is 31.0 Å². The second-order valence-corrected chi connectivity index (χ2v) is 11.9. The van der Waals surface area contributed by atoms with E-state index in [1.54, 1.807) is 0 Å². The van der Waals surface area contributed by atoms with Crippen LogP contribution in [0.4, 0.5) is 4.79 Å². The highest BCUT2D eigenvalue weighted by molar-refractivity contribution is 7.99. The number of carboxylic acids is 1. The molecule has 0 aliphatic rings. The molecule has 0 saturated carbocycles.